The number of esters is 1. The molecule has 2 aromatic heterocycles. The van der Waals surface area contributed by atoms with E-state index in [1.54, 1.807) is 16.5 Å². The fourth-order valence-corrected chi connectivity index (χ4v) is 5.49. The van der Waals surface area contributed by atoms with Crippen molar-refractivity contribution in [2.75, 3.05) is 26.3 Å². The molecule has 1 fully saturated rings. The van der Waals surface area contributed by atoms with Gasteiger partial charge >= 0.3 is 5.97 Å². The molecule has 0 N–H and O–H groups in total. The molecule has 0 aliphatic carbocycles. The number of carbonyl (C=O) groups is 1. The van der Waals surface area contributed by atoms with E-state index in [0.29, 0.717) is 42.7 Å². The summed E-state index contributed by atoms with van der Waals surface area (Å²) in [5.74, 6) is -0.572. The van der Waals surface area contributed by atoms with Gasteiger partial charge in [0.15, 0.2) is 10.1 Å². The van der Waals surface area contributed by atoms with Gasteiger partial charge in [0, 0.05) is 30.7 Å². The zero-order valence-electron chi connectivity index (χ0n) is 15.7. The van der Waals surface area contributed by atoms with Crippen LogP contribution in [0.2, 0.25) is 5.15 Å². The molecule has 0 spiro atoms. The molecular formula is C19H18ClN3O5S2. The predicted octanol–water partition coefficient (Wildman–Crippen LogP) is 2.83. The van der Waals surface area contributed by atoms with Gasteiger partial charge in [-0.25, -0.2) is 18.2 Å². The van der Waals surface area contributed by atoms with Crippen LogP contribution in [-0.4, -0.2) is 54.4 Å². The summed E-state index contributed by atoms with van der Waals surface area (Å²) in [6, 6.07) is 6.39. The first-order valence-electron chi connectivity index (χ1n) is 9.08. The summed E-state index contributed by atoms with van der Waals surface area (Å²) >= 11 is 7.53. The Kier molecular flexibility index (Phi) is 6.21. The first-order valence-corrected chi connectivity index (χ1v) is 11.8. The number of morpholine rings is 1. The van der Waals surface area contributed by atoms with E-state index in [4.69, 9.17) is 21.1 Å². The van der Waals surface area contributed by atoms with E-state index in [0.717, 1.165) is 4.96 Å². The number of fused-ring (bicyclic) bond motifs is 1. The van der Waals surface area contributed by atoms with Crippen molar-refractivity contribution in [2.45, 2.75) is 11.5 Å². The Morgan fingerprint density at radius 3 is 2.93 bits per heavy atom. The summed E-state index contributed by atoms with van der Waals surface area (Å²) < 4.78 is 39.1. The lowest BCUT2D eigenvalue weighted by Gasteiger charge is -2.26. The monoisotopic (exact) mass is 467 g/mol. The van der Waals surface area contributed by atoms with Crippen molar-refractivity contribution in [3.05, 3.63) is 58.3 Å². The average Bonchev–Trinajstić information content (AvgIpc) is 3.32. The number of halogens is 1. The van der Waals surface area contributed by atoms with Gasteiger partial charge in [0.2, 0.25) is 10.0 Å². The number of carbonyl (C=O) groups excluding carboxylic acids is 1. The minimum absolute atomic E-state index is 0.0519. The maximum Gasteiger partial charge on any atom is 0.331 e. The standard InChI is InChI=1S/C19H18ClN3O5S2/c20-18-16(23-8-11-29-19(23)21-18)4-5-17(24)28-13-14-2-1-3-15(12-14)30(25,26)22-6-9-27-10-7-22/h1-5,8,11-12H,6-7,9-10,13H2. The number of hydrogen-bond donors (Lipinski definition) is 0. The number of hydrogen-bond acceptors (Lipinski definition) is 7. The molecule has 3 heterocycles. The molecule has 0 radical (unpaired) electrons. The summed E-state index contributed by atoms with van der Waals surface area (Å²) in [5.41, 5.74) is 1.16. The van der Waals surface area contributed by atoms with Gasteiger partial charge in [0.1, 0.15) is 6.61 Å². The van der Waals surface area contributed by atoms with E-state index in [2.05, 4.69) is 4.98 Å². The molecule has 1 aliphatic rings. The van der Waals surface area contributed by atoms with Gasteiger partial charge in [0.05, 0.1) is 23.8 Å². The van der Waals surface area contributed by atoms with Crippen LogP contribution >= 0.6 is 22.9 Å². The highest BCUT2D eigenvalue weighted by atomic mass is 35.5. The van der Waals surface area contributed by atoms with Gasteiger partial charge in [-0.1, -0.05) is 23.7 Å². The Morgan fingerprint density at radius 2 is 2.13 bits per heavy atom. The van der Waals surface area contributed by atoms with E-state index in [1.165, 1.54) is 39.9 Å². The second-order valence-corrected chi connectivity index (χ2v) is 9.62. The largest absolute Gasteiger partial charge is 0.458 e. The first kappa shape index (κ1) is 21.0. The maximum atomic E-state index is 12.8. The highest BCUT2D eigenvalue weighted by molar-refractivity contribution is 7.89. The normalized spacial score (nSPS) is 15.8. The van der Waals surface area contributed by atoms with Crippen LogP contribution < -0.4 is 0 Å². The first-order chi connectivity index (χ1) is 14.4. The van der Waals surface area contributed by atoms with Crippen molar-refractivity contribution in [3.8, 4) is 0 Å². The molecular weight excluding hydrogens is 450 g/mol. The van der Waals surface area contributed by atoms with Gasteiger partial charge in [-0.15, -0.1) is 11.3 Å². The van der Waals surface area contributed by atoms with Crippen LogP contribution in [-0.2, 0) is 30.9 Å². The Bertz CT molecular complexity index is 1200. The Hall–Kier alpha value is -2.24. The predicted molar refractivity (Wildman–Crippen MR) is 113 cm³/mol. The number of benzene rings is 1. The van der Waals surface area contributed by atoms with Crippen LogP contribution in [0.15, 0.2) is 46.8 Å². The van der Waals surface area contributed by atoms with E-state index in [1.807, 2.05) is 11.6 Å². The second-order valence-electron chi connectivity index (χ2n) is 6.45. The molecule has 1 aliphatic heterocycles. The van der Waals surface area contributed by atoms with Crippen molar-refractivity contribution >= 4 is 50.0 Å². The molecule has 158 valence electrons. The molecule has 0 atom stereocenters. The molecule has 0 bridgehead atoms. The average molecular weight is 468 g/mol. The summed E-state index contributed by atoms with van der Waals surface area (Å²) in [7, 11) is -3.61. The number of aromatic nitrogens is 2. The Labute approximate surface area is 182 Å². The fourth-order valence-electron chi connectivity index (χ4n) is 3.01. The van der Waals surface area contributed by atoms with Gasteiger partial charge in [0.25, 0.3) is 0 Å². The number of nitrogens with zero attached hydrogens (tertiary/aromatic N) is 3. The molecule has 0 saturated carbocycles. The third-order valence-electron chi connectivity index (χ3n) is 4.52. The van der Waals surface area contributed by atoms with Crippen molar-refractivity contribution in [1.82, 2.24) is 13.7 Å². The van der Waals surface area contributed by atoms with Crippen molar-refractivity contribution in [3.63, 3.8) is 0 Å². The van der Waals surface area contributed by atoms with Gasteiger partial charge in [-0.05, 0) is 23.8 Å². The van der Waals surface area contributed by atoms with Crippen LogP contribution in [0.25, 0.3) is 11.0 Å². The smallest absolute Gasteiger partial charge is 0.331 e. The van der Waals surface area contributed by atoms with E-state index >= 15 is 0 Å². The number of thiazole rings is 1. The highest BCUT2D eigenvalue weighted by Crippen LogP contribution is 2.22. The molecule has 1 saturated heterocycles. The summed E-state index contributed by atoms with van der Waals surface area (Å²) in [6.45, 7) is 1.34. The second kappa shape index (κ2) is 8.86. The van der Waals surface area contributed by atoms with E-state index in [9.17, 15) is 13.2 Å². The van der Waals surface area contributed by atoms with Crippen LogP contribution in [0.5, 0.6) is 0 Å². The molecule has 0 unspecified atom stereocenters. The lowest BCUT2D eigenvalue weighted by atomic mass is 10.2. The third-order valence-corrected chi connectivity index (χ3v) is 7.45. The third kappa shape index (κ3) is 4.42. The SMILES string of the molecule is O=C(C=Cc1c(Cl)nc2sccn12)OCc1cccc(S(=O)(=O)N2CCOCC2)c1. The zero-order valence-corrected chi connectivity index (χ0v) is 18.1. The van der Waals surface area contributed by atoms with Crippen LogP contribution in [0, 0.1) is 0 Å². The van der Waals surface area contributed by atoms with Gasteiger partial charge in [-0.2, -0.15) is 4.31 Å². The fraction of sp³-hybridized carbons (Fsp3) is 0.263. The zero-order chi connectivity index (χ0) is 21.1. The molecule has 11 heteroatoms. The summed E-state index contributed by atoms with van der Waals surface area (Å²) in [5, 5.41) is 2.17. The van der Waals surface area contributed by atoms with Crippen LogP contribution in [0.3, 0.4) is 0 Å². The molecule has 0 amide bonds. The van der Waals surface area contributed by atoms with Crippen LogP contribution in [0.1, 0.15) is 11.3 Å². The van der Waals surface area contributed by atoms with Crippen molar-refractivity contribution < 1.29 is 22.7 Å². The maximum absolute atomic E-state index is 12.8. The quantitative estimate of drug-likeness (QED) is 0.409. The molecule has 8 nitrogen and oxygen atoms in total. The Balaban J connectivity index is 1.41. The minimum Gasteiger partial charge on any atom is -0.458 e. The Morgan fingerprint density at radius 1 is 1.33 bits per heavy atom. The molecule has 30 heavy (non-hydrogen) atoms. The van der Waals surface area contributed by atoms with Crippen molar-refractivity contribution in [2.24, 2.45) is 0 Å². The number of imidazole rings is 1. The van der Waals surface area contributed by atoms with Gasteiger partial charge < -0.3 is 9.47 Å². The minimum atomic E-state index is -3.61. The lowest BCUT2D eigenvalue weighted by Crippen LogP contribution is -2.40. The lowest BCUT2D eigenvalue weighted by molar-refractivity contribution is -0.138. The molecule has 4 rings (SSSR count). The molecule has 1 aromatic carbocycles. The molecule has 3 aromatic rings. The summed E-state index contributed by atoms with van der Waals surface area (Å²) in [4.78, 5) is 17.2. The number of sulfonamides is 1. The number of rotatable bonds is 6. The number of ether oxygens (including phenoxy) is 2. The van der Waals surface area contributed by atoms with Crippen LogP contribution in [0.4, 0.5) is 0 Å². The van der Waals surface area contributed by atoms with Crippen molar-refractivity contribution in [1.29, 1.82) is 0 Å². The topological polar surface area (TPSA) is 90.2 Å². The summed E-state index contributed by atoms with van der Waals surface area (Å²) in [6.07, 6.45) is 4.61. The van der Waals surface area contributed by atoms with E-state index < -0.39 is 16.0 Å². The van der Waals surface area contributed by atoms with Gasteiger partial charge in [-0.3, -0.25) is 4.40 Å². The van der Waals surface area contributed by atoms with E-state index in [-0.39, 0.29) is 11.5 Å². The highest BCUT2D eigenvalue weighted by Gasteiger charge is 2.26.